The first kappa shape index (κ1) is 12.5. The zero-order chi connectivity index (χ0) is 12.1. The highest BCUT2D eigenvalue weighted by Gasteiger charge is 2.24. The van der Waals surface area contributed by atoms with Crippen LogP contribution in [0, 0.1) is 5.92 Å². The first-order valence-corrected chi connectivity index (χ1v) is 6.18. The largest absolute Gasteiger partial charge is 0.394 e. The Morgan fingerprint density at radius 1 is 1.47 bits per heavy atom. The number of aliphatic hydroxyl groups excluding tert-OH is 2. The van der Waals surface area contributed by atoms with Gasteiger partial charge in [0, 0.05) is 19.3 Å². The van der Waals surface area contributed by atoms with E-state index >= 15 is 0 Å². The number of nitrogens with zero attached hydrogens (tertiary/aromatic N) is 3. The van der Waals surface area contributed by atoms with Crippen molar-refractivity contribution in [3.63, 3.8) is 0 Å². The van der Waals surface area contributed by atoms with Crippen LogP contribution in [-0.4, -0.2) is 44.5 Å². The summed E-state index contributed by atoms with van der Waals surface area (Å²) >= 11 is 0. The van der Waals surface area contributed by atoms with Crippen LogP contribution in [-0.2, 0) is 13.1 Å². The molecule has 96 valence electrons. The standard InChI is InChI=1S/C11H20N4O2/c16-5-4-15-8-10(13-14-15)7-12-6-9-2-1-3-11(9)17/h8-9,11-12,16-17H,1-7H2. The van der Waals surface area contributed by atoms with E-state index in [1.807, 2.05) is 6.20 Å². The van der Waals surface area contributed by atoms with Gasteiger partial charge in [0.05, 0.1) is 24.9 Å². The molecule has 2 unspecified atom stereocenters. The molecular formula is C11H20N4O2. The van der Waals surface area contributed by atoms with Crippen molar-refractivity contribution in [3.05, 3.63) is 11.9 Å². The third-order valence-corrected chi connectivity index (χ3v) is 3.25. The van der Waals surface area contributed by atoms with Crippen LogP contribution in [0.25, 0.3) is 0 Å². The molecule has 2 rings (SSSR count). The van der Waals surface area contributed by atoms with Crippen LogP contribution in [0.1, 0.15) is 25.0 Å². The number of rotatable bonds is 6. The van der Waals surface area contributed by atoms with Crippen molar-refractivity contribution in [3.8, 4) is 0 Å². The molecule has 6 heteroatoms. The smallest absolute Gasteiger partial charge is 0.0964 e. The van der Waals surface area contributed by atoms with Crippen LogP contribution in [0.2, 0.25) is 0 Å². The average molecular weight is 240 g/mol. The summed E-state index contributed by atoms with van der Waals surface area (Å²) in [6.45, 7) is 2.04. The second-order valence-electron chi connectivity index (χ2n) is 4.59. The number of nitrogens with one attached hydrogen (secondary N) is 1. The Morgan fingerprint density at radius 2 is 2.35 bits per heavy atom. The predicted molar refractivity (Wildman–Crippen MR) is 62.2 cm³/mol. The van der Waals surface area contributed by atoms with Crippen molar-refractivity contribution in [2.45, 2.75) is 38.5 Å². The lowest BCUT2D eigenvalue weighted by atomic mass is 10.1. The third-order valence-electron chi connectivity index (χ3n) is 3.25. The van der Waals surface area contributed by atoms with Crippen molar-refractivity contribution in [1.82, 2.24) is 20.3 Å². The van der Waals surface area contributed by atoms with Gasteiger partial charge in [-0.15, -0.1) is 5.10 Å². The zero-order valence-electron chi connectivity index (χ0n) is 9.92. The molecule has 3 N–H and O–H groups in total. The van der Waals surface area contributed by atoms with Gasteiger partial charge in [0.15, 0.2) is 0 Å². The van der Waals surface area contributed by atoms with Gasteiger partial charge in [-0.3, -0.25) is 0 Å². The maximum atomic E-state index is 9.66. The van der Waals surface area contributed by atoms with Gasteiger partial charge in [-0.05, 0) is 18.8 Å². The topological polar surface area (TPSA) is 83.2 Å². The molecule has 1 heterocycles. The molecule has 2 atom stereocenters. The Balaban J connectivity index is 1.70. The number of aliphatic hydroxyl groups is 2. The molecule has 1 saturated carbocycles. The molecule has 0 radical (unpaired) electrons. The highest BCUT2D eigenvalue weighted by molar-refractivity contribution is 4.92. The van der Waals surface area contributed by atoms with Gasteiger partial charge in [-0.25, -0.2) is 4.68 Å². The molecule has 1 aliphatic rings. The normalized spacial score (nSPS) is 24.4. The molecule has 1 aromatic rings. The molecule has 0 bridgehead atoms. The Morgan fingerprint density at radius 3 is 3.06 bits per heavy atom. The van der Waals surface area contributed by atoms with Crippen molar-refractivity contribution >= 4 is 0 Å². The number of hydrogen-bond acceptors (Lipinski definition) is 5. The van der Waals surface area contributed by atoms with Gasteiger partial charge in [-0.2, -0.15) is 0 Å². The van der Waals surface area contributed by atoms with E-state index in [0.717, 1.165) is 31.5 Å². The van der Waals surface area contributed by atoms with Crippen LogP contribution in [0.15, 0.2) is 6.20 Å². The molecule has 0 spiro atoms. The number of aromatic nitrogens is 3. The lowest BCUT2D eigenvalue weighted by molar-refractivity contribution is 0.131. The van der Waals surface area contributed by atoms with Crippen molar-refractivity contribution < 1.29 is 10.2 Å². The summed E-state index contributed by atoms with van der Waals surface area (Å²) in [6.07, 6.45) is 4.84. The first-order valence-electron chi connectivity index (χ1n) is 6.18. The SMILES string of the molecule is OCCn1cc(CNCC2CCCC2O)nn1. The Kier molecular flexibility index (Phi) is 4.47. The third kappa shape index (κ3) is 3.49. The molecule has 0 aliphatic heterocycles. The summed E-state index contributed by atoms with van der Waals surface area (Å²) in [5.74, 6) is 0.377. The van der Waals surface area contributed by atoms with E-state index in [-0.39, 0.29) is 12.7 Å². The fraction of sp³-hybridized carbons (Fsp3) is 0.818. The quantitative estimate of drug-likeness (QED) is 0.625. The second-order valence-corrected chi connectivity index (χ2v) is 4.59. The monoisotopic (exact) mass is 240 g/mol. The summed E-state index contributed by atoms with van der Waals surface area (Å²) in [4.78, 5) is 0. The van der Waals surface area contributed by atoms with Gasteiger partial charge in [-0.1, -0.05) is 11.6 Å². The highest BCUT2D eigenvalue weighted by Crippen LogP contribution is 2.24. The van der Waals surface area contributed by atoms with E-state index in [9.17, 15) is 5.11 Å². The van der Waals surface area contributed by atoms with E-state index in [1.54, 1.807) is 4.68 Å². The Hall–Kier alpha value is -0.980. The summed E-state index contributed by atoms with van der Waals surface area (Å²) in [5.41, 5.74) is 0.867. The molecular weight excluding hydrogens is 220 g/mol. The van der Waals surface area contributed by atoms with Crippen LogP contribution >= 0.6 is 0 Å². The van der Waals surface area contributed by atoms with E-state index in [4.69, 9.17) is 5.11 Å². The lowest BCUT2D eigenvalue weighted by Crippen LogP contribution is -2.27. The summed E-state index contributed by atoms with van der Waals surface area (Å²) in [5, 5.41) is 29.6. The molecule has 0 aromatic carbocycles. The molecule has 6 nitrogen and oxygen atoms in total. The van der Waals surface area contributed by atoms with E-state index in [2.05, 4.69) is 15.6 Å². The van der Waals surface area contributed by atoms with Gasteiger partial charge < -0.3 is 15.5 Å². The maximum Gasteiger partial charge on any atom is 0.0964 e. The molecule has 0 saturated heterocycles. The van der Waals surface area contributed by atoms with Crippen LogP contribution in [0.4, 0.5) is 0 Å². The van der Waals surface area contributed by atoms with E-state index in [0.29, 0.717) is 19.0 Å². The fourth-order valence-electron chi connectivity index (χ4n) is 2.27. The van der Waals surface area contributed by atoms with Gasteiger partial charge in [0.2, 0.25) is 0 Å². The minimum Gasteiger partial charge on any atom is -0.394 e. The first-order chi connectivity index (χ1) is 8.29. The van der Waals surface area contributed by atoms with Crippen molar-refractivity contribution in [2.75, 3.05) is 13.2 Å². The van der Waals surface area contributed by atoms with E-state index < -0.39 is 0 Å². The molecule has 0 amide bonds. The van der Waals surface area contributed by atoms with Gasteiger partial charge in [0.25, 0.3) is 0 Å². The second kappa shape index (κ2) is 6.09. The van der Waals surface area contributed by atoms with Crippen LogP contribution in [0.3, 0.4) is 0 Å². The lowest BCUT2D eigenvalue weighted by Gasteiger charge is -2.14. The highest BCUT2D eigenvalue weighted by atomic mass is 16.3. The fourth-order valence-corrected chi connectivity index (χ4v) is 2.27. The molecule has 1 aromatic heterocycles. The average Bonchev–Trinajstić information content (AvgIpc) is 2.90. The summed E-state index contributed by atoms with van der Waals surface area (Å²) < 4.78 is 1.63. The molecule has 17 heavy (non-hydrogen) atoms. The Bertz CT molecular complexity index is 342. The maximum absolute atomic E-state index is 9.66. The van der Waals surface area contributed by atoms with Crippen LogP contribution in [0.5, 0.6) is 0 Å². The van der Waals surface area contributed by atoms with Crippen LogP contribution < -0.4 is 5.32 Å². The van der Waals surface area contributed by atoms with Crippen molar-refractivity contribution in [1.29, 1.82) is 0 Å². The zero-order valence-corrected chi connectivity index (χ0v) is 9.92. The molecule has 1 aliphatic carbocycles. The predicted octanol–water partition coefficient (Wildman–Crippen LogP) is -0.479. The van der Waals surface area contributed by atoms with Gasteiger partial charge in [0.1, 0.15) is 0 Å². The minimum atomic E-state index is -0.146. The van der Waals surface area contributed by atoms with Crippen molar-refractivity contribution in [2.24, 2.45) is 5.92 Å². The molecule has 1 fully saturated rings. The number of hydrogen-bond donors (Lipinski definition) is 3. The Labute approximate surface area is 101 Å². The van der Waals surface area contributed by atoms with E-state index in [1.165, 1.54) is 0 Å². The summed E-state index contributed by atoms with van der Waals surface area (Å²) in [7, 11) is 0. The minimum absolute atomic E-state index is 0.0739. The summed E-state index contributed by atoms with van der Waals surface area (Å²) in [6, 6.07) is 0. The van der Waals surface area contributed by atoms with Gasteiger partial charge >= 0.3 is 0 Å².